The van der Waals surface area contributed by atoms with Crippen LogP contribution in [0.5, 0.6) is 0 Å². The van der Waals surface area contributed by atoms with Gasteiger partial charge >= 0.3 is 11.9 Å². The van der Waals surface area contributed by atoms with Crippen molar-refractivity contribution in [2.45, 2.75) is 43.9 Å². The van der Waals surface area contributed by atoms with Gasteiger partial charge in [0.15, 0.2) is 0 Å². The smallest absolute Gasteiger partial charge is 0.343 e. The van der Waals surface area contributed by atoms with Crippen molar-refractivity contribution in [3.63, 3.8) is 0 Å². The van der Waals surface area contributed by atoms with Gasteiger partial charge in [-0.3, -0.25) is 4.79 Å². The fourth-order valence-electron chi connectivity index (χ4n) is 4.59. The monoisotopic (exact) mass is 533 g/mol. The van der Waals surface area contributed by atoms with Gasteiger partial charge in [0.2, 0.25) is 11.4 Å². The summed E-state index contributed by atoms with van der Waals surface area (Å²) in [6.07, 6.45) is 0.489. The number of rotatable bonds is 13. The van der Waals surface area contributed by atoms with E-state index in [1.54, 1.807) is 25.6 Å². The van der Waals surface area contributed by atoms with Crippen LogP contribution in [0.1, 0.15) is 50.3 Å². The van der Waals surface area contributed by atoms with Crippen LogP contribution in [-0.4, -0.2) is 42.4 Å². The van der Waals surface area contributed by atoms with Gasteiger partial charge in [-0.15, -0.1) is 11.8 Å². The molecule has 6 nitrogen and oxygen atoms in total. The highest BCUT2D eigenvalue weighted by atomic mass is 32.2. The summed E-state index contributed by atoms with van der Waals surface area (Å²) in [6.45, 7) is 4.74. The highest BCUT2D eigenvalue weighted by Gasteiger charge is 2.49. The van der Waals surface area contributed by atoms with Crippen molar-refractivity contribution in [2.24, 2.45) is 0 Å². The molecule has 0 aliphatic rings. The zero-order valence-electron chi connectivity index (χ0n) is 22.1. The molecule has 0 aliphatic carbocycles. The lowest BCUT2D eigenvalue weighted by Gasteiger charge is -2.36. The molecule has 1 N–H and O–H groups in total. The summed E-state index contributed by atoms with van der Waals surface area (Å²) in [7, 11) is 0. The summed E-state index contributed by atoms with van der Waals surface area (Å²) in [5.74, 6) is -1.54. The Labute approximate surface area is 229 Å². The van der Waals surface area contributed by atoms with Gasteiger partial charge in [0.1, 0.15) is 0 Å². The molecule has 0 bridgehead atoms. The lowest BCUT2D eigenvalue weighted by Crippen LogP contribution is -2.61. The van der Waals surface area contributed by atoms with Crippen LogP contribution in [-0.2, 0) is 28.6 Å². The molecule has 0 spiro atoms. The number of nitrogens with one attached hydrogen (secondary N) is 1. The Hall–Kier alpha value is -3.58. The maximum atomic E-state index is 13.0. The van der Waals surface area contributed by atoms with Crippen LogP contribution in [0.3, 0.4) is 0 Å². The summed E-state index contributed by atoms with van der Waals surface area (Å²) >= 11 is 1.72. The number of ether oxygens (including phenoxy) is 2. The quantitative estimate of drug-likeness (QED) is 0.135. The lowest BCUT2D eigenvalue weighted by molar-refractivity contribution is -0.168. The highest BCUT2D eigenvalue weighted by molar-refractivity contribution is 8.00. The summed E-state index contributed by atoms with van der Waals surface area (Å²) < 4.78 is 9.91. The van der Waals surface area contributed by atoms with Gasteiger partial charge in [-0.25, -0.2) is 9.59 Å². The van der Waals surface area contributed by atoms with Crippen LogP contribution < -0.4 is 5.32 Å². The van der Waals surface area contributed by atoms with Gasteiger partial charge in [-0.05, 0) is 49.1 Å². The first-order valence-corrected chi connectivity index (χ1v) is 13.8. The maximum absolute atomic E-state index is 13.0. The molecule has 0 saturated carbocycles. The largest absolute Gasteiger partial charge is 0.464 e. The second-order valence-electron chi connectivity index (χ2n) is 8.76. The van der Waals surface area contributed by atoms with Gasteiger partial charge in [0.05, 0.1) is 18.0 Å². The molecule has 0 fully saturated rings. The minimum atomic E-state index is -1.90. The molecule has 1 amide bonds. The molecule has 3 rings (SSSR count). The molecule has 200 valence electrons. The van der Waals surface area contributed by atoms with Gasteiger partial charge in [0.25, 0.3) is 0 Å². The minimum Gasteiger partial charge on any atom is -0.464 e. The predicted octanol–water partition coefficient (Wildman–Crippen LogP) is 5.49. The van der Waals surface area contributed by atoms with Gasteiger partial charge in [-0.1, -0.05) is 91.0 Å². The normalized spacial score (nSPS) is 11.4. The molecule has 0 heterocycles. The Morgan fingerprint density at radius 3 is 1.45 bits per heavy atom. The van der Waals surface area contributed by atoms with Crippen LogP contribution in [0, 0.1) is 0 Å². The first kappa shape index (κ1) is 29.0. The van der Waals surface area contributed by atoms with E-state index in [0.717, 1.165) is 16.7 Å². The van der Waals surface area contributed by atoms with Crippen LogP contribution in [0.2, 0.25) is 0 Å². The second kappa shape index (κ2) is 13.8. The molecule has 0 aromatic heterocycles. The van der Waals surface area contributed by atoms with E-state index in [1.165, 1.54) is 6.92 Å². The fraction of sp³-hybridized carbons (Fsp3) is 0.323. The number of carbonyl (C=O) groups is 3. The first-order chi connectivity index (χ1) is 18.4. The average Bonchev–Trinajstić information content (AvgIpc) is 2.94. The third-order valence-corrected chi connectivity index (χ3v) is 7.83. The molecule has 38 heavy (non-hydrogen) atoms. The highest BCUT2D eigenvalue weighted by Crippen LogP contribution is 2.48. The molecule has 7 heteroatoms. The zero-order chi connectivity index (χ0) is 27.4. The molecule has 0 saturated heterocycles. The van der Waals surface area contributed by atoms with Crippen molar-refractivity contribution in [3.8, 4) is 0 Å². The van der Waals surface area contributed by atoms with E-state index >= 15 is 0 Å². The molecule has 3 aromatic rings. The minimum absolute atomic E-state index is 0.0473. The topological polar surface area (TPSA) is 81.7 Å². The Morgan fingerprint density at radius 1 is 0.711 bits per heavy atom. The molecule has 0 aliphatic heterocycles. The number of carbonyl (C=O) groups excluding carboxylic acids is 3. The van der Waals surface area contributed by atoms with Crippen molar-refractivity contribution in [1.29, 1.82) is 0 Å². The van der Waals surface area contributed by atoms with E-state index in [0.29, 0.717) is 12.2 Å². The van der Waals surface area contributed by atoms with Crippen LogP contribution in [0.4, 0.5) is 0 Å². The third-order valence-electron chi connectivity index (χ3n) is 6.19. The van der Waals surface area contributed by atoms with Crippen LogP contribution in [0.15, 0.2) is 91.0 Å². The van der Waals surface area contributed by atoms with Crippen molar-refractivity contribution >= 4 is 29.6 Å². The summed E-state index contributed by atoms with van der Waals surface area (Å²) in [6, 6.07) is 30.9. The second-order valence-corrected chi connectivity index (χ2v) is 10.1. The van der Waals surface area contributed by atoms with E-state index in [9.17, 15) is 14.4 Å². The van der Waals surface area contributed by atoms with Crippen LogP contribution in [0.25, 0.3) is 0 Å². The Morgan fingerprint density at radius 2 is 1.11 bits per heavy atom. The Kier molecular flexibility index (Phi) is 10.5. The average molecular weight is 534 g/mol. The van der Waals surface area contributed by atoms with Crippen molar-refractivity contribution in [1.82, 2.24) is 5.32 Å². The molecular weight excluding hydrogens is 498 g/mol. The van der Waals surface area contributed by atoms with Gasteiger partial charge < -0.3 is 14.8 Å². The summed E-state index contributed by atoms with van der Waals surface area (Å²) in [5.41, 5.74) is 1.46. The molecule has 3 aromatic carbocycles. The molecular formula is C31H35NO5S. The van der Waals surface area contributed by atoms with Crippen LogP contribution >= 0.6 is 11.8 Å². The standard InChI is InChI=1S/C31H35NO5S/c1-4-36-28(34)30(32-24(3)33,29(35)37-5-2)22-15-23-38-31(25-16-9-6-10-17-25,26-18-11-7-12-19-26)27-20-13-8-14-21-27/h6-14,16-21H,4-5,15,22-23H2,1-3H3,(H,32,33). The van der Waals surface area contributed by atoms with E-state index in [2.05, 4.69) is 41.7 Å². The predicted molar refractivity (Wildman–Crippen MR) is 151 cm³/mol. The molecule has 0 atom stereocenters. The van der Waals surface area contributed by atoms with Crippen molar-refractivity contribution in [3.05, 3.63) is 108 Å². The Balaban J connectivity index is 1.99. The first-order valence-electron chi connectivity index (χ1n) is 12.8. The number of benzene rings is 3. The summed E-state index contributed by atoms with van der Waals surface area (Å²) in [5, 5.41) is 2.56. The van der Waals surface area contributed by atoms with E-state index in [4.69, 9.17) is 9.47 Å². The summed E-state index contributed by atoms with van der Waals surface area (Å²) in [4.78, 5) is 38.1. The lowest BCUT2D eigenvalue weighted by atomic mass is 9.84. The number of amides is 1. The van der Waals surface area contributed by atoms with Crippen molar-refractivity contribution in [2.75, 3.05) is 19.0 Å². The van der Waals surface area contributed by atoms with Crippen molar-refractivity contribution < 1.29 is 23.9 Å². The fourth-order valence-corrected chi connectivity index (χ4v) is 6.10. The third kappa shape index (κ3) is 6.45. The number of hydrogen-bond acceptors (Lipinski definition) is 6. The number of hydrogen-bond donors (Lipinski definition) is 1. The maximum Gasteiger partial charge on any atom is 0.343 e. The van der Waals surface area contributed by atoms with E-state index in [1.807, 2.05) is 54.6 Å². The van der Waals surface area contributed by atoms with E-state index < -0.39 is 28.1 Å². The zero-order valence-corrected chi connectivity index (χ0v) is 23.0. The number of esters is 2. The molecule has 0 radical (unpaired) electrons. The number of thioether (sulfide) groups is 1. The molecule has 0 unspecified atom stereocenters. The van der Waals surface area contributed by atoms with Gasteiger partial charge in [-0.2, -0.15) is 0 Å². The Bertz CT molecular complexity index is 1070. The van der Waals surface area contributed by atoms with Gasteiger partial charge in [0, 0.05) is 6.92 Å². The SMILES string of the molecule is CCOC(=O)C(CCCSC(c1ccccc1)(c1ccccc1)c1ccccc1)(NC(C)=O)C(=O)OCC. The van der Waals surface area contributed by atoms with E-state index in [-0.39, 0.29) is 19.6 Å².